The van der Waals surface area contributed by atoms with Crippen LogP contribution >= 0.6 is 0 Å². The zero-order chi connectivity index (χ0) is 17.6. The van der Waals surface area contributed by atoms with Crippen LogP contribution in [0.15, 0.2) is 55.3 Å². The third-order valence-electron chi connectivity index (χ3n) is 5.08. The molecule has 0 bridgehead atoms. The first-order valence-corrected chi connectivity index (χ1v) is 9.26. The van der Waals surface area contributed by atoms with E-state index in [1.807, 2.05) is 11.0 Å². The van der Waals surface area contributed by atoms with Gasteiger partial charge in [-0.3, -0.25) is 4.79 Å². The van der Waals surface area contributed by atoms with Gasteiger partial charge < -0.3 is 9.47 Å². The largest absolute Gasteiger partial charge is 0.345 e. The number of aryl methyl sites for hydroxylation is 1. The molecular weight excluding hydrogens is 308 g/mol. The molecular formula is C22H28N2O. The van der Waals surface area contributed by atoms with Crippen molar-refractivity contribution in [1.82, 2.24) is 9.47 Å². The third-order valence-corrected chi connectivity index (χ3v) is 5.08. The molecule has 1 aliphatic carbocycles. The van der Waals surface area contributed by atoms with Gasteiger partial charge in [0.1, 0.15) is 0 Å². The Balaban J connectivity index is 1.73. The minimum Gasteiger partial charge on any atom is -0.345 e. The van der Waals surface area contributed by atoms with Crippen molar-refractivity contribution < 1.29 is 4.79 Å². The molecule has 1 aromatic carbocycles. The molecule has 3 nitrogen and oxygen atoms in total. The second-order valence-electron chi connectivity index (χ2n) is 7.11. The average molecular weight is 336 g/mol. The summed E-state index contributed by atoms with van der Waals surface area (Å²) < 4.78 is 2.24. The van der Waals surface area contributed by atoms with Crippen molar-refractivity contribution in [2.45, 2.75) is 45.7 Å². The van der Waals surface area contributed by atoms with Crippen LogP contribution in [-0.2, 0) is 17.9 Å². The minimum atomic E-state index is 0.208. The van der Waals surface area contributed by atoms with E-state index in [1.165, 1.54) is 29.7 Å². The zero-order valence-electron chi connectivity index (χ0n) is 15.2. The lowest BCUT2D eigenvalue weighted by molar-refractivity contribution is -0.135. The molecule has 3 rings (SSSR count). The second-order valence-corrected chi connectivity index (χ2v) is 7.11. The van der Waals surface area contributed by atoms with Crippen molar-refractivity contribution in [3.05, 3.63) is 72.1 Å². The quantitative estimate of drug-likeness (QED) is 0.681. The highest BCUT2D eigenvalue weighted by Gasteiger charge is 2.27. The van der Waals surface area contributed by atoms with Gasteiger partial charge in [-0.25, -0.2) is 0 Å². The predicted octanol–water partition coefficient (Wildman–Crippen LogP) is 4.55. The van der Waals surface area contributed by atoms with Gasteiger partial charge in [0, 0.05) is 30.9 Å². The Kier molecular flexibility index (Phi) is 5.75. The van der Waals surface area contributed by atoms with E-state index in [0.717, 1.165) is 19.4 Å². The van der Waals surface area contributed by atoms with Crippen LogP contribution in [0.2, 0.25) is 0 Å². The van der Waals surface area contributed by atoms with Crippen molar-refractivity contribution in [1.29, 1.82) is 0 Å². The van der Waals surface area contributed by atoms with E-state index in [4.69, 9.17) is 0 Å². The number of aromatic nitrogens is 1. The lowest BCUT2D eigenvalue weighted by atomic mass is 10.1. The van der Waals surface area contributed by atoms with Crippen molar-refractivity contribution in [2.75, 3.05) is 6.54 Å². The Hall–Kier alpha value is -2.29. The average Bonchev–Trinajstić information content (AvgIpc) is 3.26. The Labute approximate surface area is 151 Å². The van der Waals surface area contributed by atoms with Crippen LogP contribution in [0.5, 0.6) is 0 Å². The van der Waals surface area contributed by atoms with Gasteiger partial charge in [-0.1, -0.05) is 48.7 Å². The number of carbonyl (C=O) groups is 1. The number of rotatable bonds is 7. The molecule has 3 heteroatoms. The topological polar surface area (TPSA) is 25.2 Å². The van der Waals surface area contributed by atoms with Crippen molar-refractivity contribution >= 4 is 5.91 Å². The molecule has 0 atom stereocenters. The van der Waals surface area contributed by atoms with Crippen LogP contribution < -0.4 is 0 Å². The molecule has 132 valence electrons. The van der Waals surface area contributed by atoms with Crippen LogP contribution in [0.1, 0.15) is 42.5 Å². The van der Waals surface area contributed by atoms with E-state index in [-0.39, 0.29) is 5.92 Å². The Morgan fingerprint density at radius 1 is 1.28 bits per heavy atom. The lowest BCUT2D eigenvalue weighted by Crippen LogP contribution is -2.35. The number of benzene rings is 1. The number of hydrogen-bond donors (Lipinski definition) is 0. The SMILES string of the molecule is C=CCN(Cc1cccn1Cc1cccc(C)c1)C(=O)C1CCCC1. The molecule has 0 N–H and O–H groups in total. The minimum absolute atomic E-state index is 0.208. The molecule has 0 aliphatic heterocycles. The van der Waals surface area contributed by atoms with Gasteiger partial charge in [-0.2, -0.15) is 0 Å². The summed E-state index contributed by atoms with van der Waals surface area (Å²) >= 11 is 0. The molecule has 1 amide bonds. The van der Waals surface area contributed by atoms with E-state index < -0.39 is 0 Å². The van der Waals surface area contributed by atoms with Gasteiger partial charge in [-0.15, -0.1) is 6.58 Å². The van der Waals surface area contributed by atoms with E-state index in [9.17, 15) is 4.79 Å². The van der Waals surface area contributed by atoms with Crippen molar-refractivity contribution in [3.63, 3.8) is 0 Å². The second kappa shape index (κ2) is 8.19. The van der Waals surface area contributed by atoms with Crippen LogP contribution in [0.4, 0.5) is 0 Å². The lowest BCUT2D eigenvalue weighted by Gasteiger charge is -2.25. The van der Waals surface area contributed by atoms with Gasteiger partial charge in [0.25, 0.3) is 0 Å². The number of carbonyl (C=O) groups excluding carboxylic acids is 1. The normalized spacial score (nSPS) is 14.6. The number of amides is 1. The summed E-state index contributed by atoms with van der Waals surface area (Å²) in [6, 6.07) is 12.8. The Morgan fingerprint density at radius 3 is 2.80 bits per heavy atom. The maximum absolute atomic E-state index is 12.8. The van der Waals surface area contributed by atoms with E-state index in [1.54, 1.807) is 0 Å². The predicted molar refractivity (Wildman–Crippen MR) is 102 cm³/mol. The van der Waals surface area contributed by atoms with Crippen LogP contribution in [0, 0.1) is 12.8 Å². The summed E-state index contributed by atoms with van der Waals surface area (Å²) in [6.07, 6.45) is 8.38. The maximum atomic E-state index is 12.8. The summed E-state index contributed by atoms with van der Waals surface area (Å²) in [6.45, 7) is 8.06. The third kappa shape index (κ3) is 4.41. The van der Waals surface area contributed by atoms with Gasteiger partial charge in [0.2, 0.25) is 5.91 Å². The highest BCUT2D eigenvalue weighted by Crippen LogP contribution is 2.27. The molecule has 0 radical (unpaired) electrons. The first-order chi connectivity index (χ1) is 12.2. The standard InChI is InChI=1S/C22H28N2O/c1-3-13-24(22(25)20-10-4-5-11-20)17-21-12-7-14-23(21)16-19-9-6-8-18(2)15-19/h3,6-9,12,14-15,20H,1,4-5,10-11,13,16-17H2,2H3. The van der Waals surface area contributed by atoms with Gasteiger partial charge in [0.05, 0.1) is 6.54 Å². The van der Waals surface area contributed by atoms with E-state index in [2.05, 4.69) is 60.7 Å². The fourth-order valence-electron chi connectivity index (χ4n) is 3.77. The Bertz CT molecular complexity index is 725. The molecule has 1 heterocycles. The summed E-state index contributed by atoms with van der Waals surface area (Å²) in [5, 5.41) is 0. The van der Waals surface area contributed by atoms with E-state index in [0.29, 0.717) is 19.0 Å². The molecule has 1 aliphatic rings. The first kappa shape index (κ1) is 17.5. The molecule has 2 aromatic rings. The molecule has 0 saturated heterocycles. The fraction of sp³-hybridized carbons (Fsp3) is 0.409. The molecule has 0 unspecified atom stereocenters. The first-order valence-electron chi connectivity index (χ1n) is 9.26. The van der Waals surface area contributed by atoms with E-state index >= 15 is 0 Å². The van der Waals surface area contributed by atoms with Gasteiger partial charge >= 0.3 is 0 Å². The molecule has 1 aromatic heterocycles. The molecule has 0 spiro atoms. The smallest absolute Gasteiger partial charge is 0.226 e. The maximum Gasteiger partial charge on any atom is 0.226 e. The summed E-state index contributed by atoms with van der Waals surface area (Å²) in [4.78, 5) is 14.8. The summed E-state index contributed by atoms with van der Waals surface area (Å²) in [5.74, 6) is 0.501. The number of nitrogens with zero attached hydrogens (tertiary/aromatic N) is 2. The molecule has 1 fully saturated rings. The van der Waals surface area contributed by atoms with Crippen LogP contribution in [-0.4, -0.2) is 21.9 Å². The molecule has 25 heavy (non-hydrogen) atoms. The van der Waals surface area contributed by atoms with Crippen LogP contribution in [0.25, 0.3) is 0 Å². The highest BCUT2D eigenvalue weighted by molar-refractivity contribution is 5.79. The summed E-state index contributed by atoms with van der Waals surface area (Å²) in [5.41, 5.74) is 3.74. The summed E-state index contributed by atoms with van der Waals surface area (Å²) in [7, 11) is 0. The van der Waals surface area contributed by atoms with Gasteiger partial charge in [0.15, 0.2) is 0 Å². The zero-order valence-corrected chi connectivity index (χ0v) is 15.2. The highest BCUT2D eigenvalue weighted by atomic mass is 16.2. The fourth-order valence-corrected chi connectivity index (χ4v) is 3.77. The van der Waals surface area contributed by atoms with Gasteiger partial charge in [-0.05, 0) is 37.5 Å². The van der Waals surface area contributed by atoms with Crippen molar-refractivity contribution in [2.24, 2.45) is 5.92 Å². The monoisotopic (exact) mass is 336 g/mol. The molecule has 1 saturated carbocycles. The number of hydrogen-bond acceptors (Lipinski definition) is 1. The van der Waals surface area contributed by atoms with Crippen molar-refractivity contribution in [3.8, 4) is 0 Å². The van der Waals surface area contributed by atoms with Crippen LogP contribution in [0.3, 0.4) is 0 Å². The Morgan fingerprint density at radius 2 is 2.08 bits per heavy atom.